The van der Waals surface area contributed by atoms with Gasteiger partial charge >= 0.3 is 0 Å². The van der Waals surface area contributed by atoms with Gasteiger partial charge in [-0.2, -0.15) is 0 Å². The number of hydrogen-bond acceptors (Lipinski definition) is 0. The van der Waals surface area contributed by atoms with Crippen molar-refractivity contribution in [3.63, 3.8) is 0 Å². The van der Waals surface area contributed by atoms with E-state index < -0.39 is 0 Å². The zero-order valence-electron chi connectivity index (χ0n) is 11.3. The first-order valence-electron chi connectivity index (χ1n) is 7.11. The average Bonchev–Trinajstić information content (AvgIpc) is 2.31. The molecule has 0 nitrogen and oxygen atoms in total. The molecule has 94 valence electrons. The van der Waals surface area contributed by atoms with Crippen molar-refractivity contribution in [1.82, 2.24) is 0 Å². The van der Waals surface area contributed by atoms with Crippen LogP contribution in [-0.4, -0.2) is 0 Å². The van der Waals surface area contributed by atoms with Crippen LogP contribution in [-0.2, 0) is 0 Å². The van der Waals surface area contributed by atoms with Crippen molar-refractivity contribution in [2.24, 2.45) is 0 Å². The minimum absolute atomic E-state index is 1.14. The average molecular weight is 222 g/mol. The summed E-state index contributed by atoms with van der Waals surface area (Å²) in [6.07, 6.45) is 17.0. The van der Waals surface area contributed by atoms with Crippen LogP contribution in [0.5, 0.6) is 0 Å². The Morgan fingerprint density at radius 2 is 1.25 bits per heavy atom. The van der Waals surface area contributed by atoms with Gasteiger partial charge in [-0.3, -0.25) is 0 Å². The summed E-state index contributed by atoms with van der Waals surface area (Å²) in [7, 11) is 0. The number of allylic oxidation sites excluding steroid dienone is 2. The predicted molar refractivity (Wildman–Crippen MR) is 75.8 cm³/mol. The topological polar surface area (TPSA) is 0 Å². The summed E-state index contributed by atoms with van der Waals surface area (Å²) in [5, 5.41) is 0. The van der Waals surface area contributed by atoms with Gasteiger partial charge in [-0.05, 0) is 12.8 Å². The Morgan fingerprint density at radius 3 is 1.69 bits per heavy atom. The standard InChI is InChI=1S/C16H30/c1-4-6-7-8-9-10-11-12-13-14-15-16(3)5-2/h5H,2-4,6-15H2,1H3. The van der Waals surface area contributed by atoms with Crippen LogP contribution in [0.2, 0.25) is 0 Å². The van der Waals surface area contributed by atoms with E-state index in [4.69, 9.17) is 0 Å². The maximum absolute atomic E-state index is 3.93. The van der Waals surface area contributed by atoms with E-state index in [2.05, 4.69) is 20.1 Å². The summed E-state index contributed by atoms with van der Waals surface area (Å²) >= 11 is 0. The van der Waals surface area contributed by atoms with Gasteiger partial charge in [-0.1, -0.05) is 89.5 Å². The van der Waals surface area contributed by atoms with Gasteiger partial charge in [0.1, 0.15) is 0 Å². The molecule has 0 radical (unpaired) electrons. The lowest BCUT2D eigenvalue weighted by atomic mass is 10.0. The number of hydrogen-bond donors (Lipinski definition) is 0. The molecule has 0 N–H and O–H groups in total. The minimum atomic E-state index is 1.14. The zero-order valence-corrected chi connectivity index (χ0v) is 11.3. The molecule has 0 aromatic carbocycles. The highest BCUT2D eigenvalue weighted by Gasteiger charge is 1.93. The molecule has 0 heteroatoms. The molecule has 0 rings (SSSR count). The fourth-order valence-corrected chi connectivity index (χ4v) is 1.94. The van der Waals surface area contributed by atoms with Crippen molar-refractivity contribution < 1.29 is 0 Å². The second-order valence-corrected chi connectivity index (χ2v) is 4.79. The highest BCUT2D eigenvalue weighted by atomic mass is 14.0. The van der Waals surface area contributed by atoms with Gasteiger partial charge in [-0.15, -0.1) is 0 Å². The lowest BCUT2D eigenvalue weighted by molar-refractivity contribution is 0.556. The van der Waals surface area contributed by atoms with Crippen molar-refractivity contribution in [3.05, 3.63) is 24.8 Å². The monoisotopic (exact) mass is 222 g/mol. The summed E-state index contributed by atoms with van der Waals surface area (Å²) in [5.41, 5.74) is 1.19. The molecule has 0 fully saturated rings. The van der Waals surface area contributed by atoms with Crippen molar-refractivity contribution in [2.75, 3.05) is 0 Å². The van der Waals surface area contributed by atoms with Gasteiger partial charge in [0, 0.05) is 0 Å². The zero-order chi connectivity index (χ0) is 12.1. The summed E-state index contributed by atoms with van der Waals surface area (Å²) in [4.78, 5) is 0. The lowest BCUT2D eigenvalue weighted by Crippen LogP contribution is -1.82. The van der Waals surface area contributed by atoms with Crippen LogP contribution >= 0.6 is 0 Å². The Morgan fingerprint density at radius 1 is 0.812 bits per heavy atom. The van der Waals surface area contributed by atoms with E-state index in [0.29, 0.717) is 0 Å². The summed E-state index contributed by atoms with van der Waals surface area (Å²) in [5.74, 6) is 0. The van der Waals surface area contributed by atoms with Gasteiger partial charge < -0.3 is 0 Å². The molecule has 0 amide bonds. The maximum Gasteiger partial charge on any atom is -0.0285 e. The van der Waals surface area contributed by atoms with Crippen molar-refractivity contribution in [2.45, 2.75) is 77.6 Å². The molecule has 0 aromatic heterocycles. The van der Waals surface area contributed by atoms with Gasteiger partial charge in [0.2, 0.25) is 0 Å². The minimum Gasteiger partial charge on any atom is -0.0988 e. The maximum atomic E-state index is 3.93. The second kappa shape index (κ2) is 12.5. The van der Waals surface area contributed by atoms with Gasteiger partial charge in [0.15, 0.2) is 0 Å². The van der Waals surface area contributed by atoms with Crippen LogP contribution < -0.4 is 0 Å². The molecular weight excluding hydrogens is 192 g/mol. The van der Waals surface area contributed by atoms with Gasteiger partial charge in [-0.25, -0.2) is 0 Å². The summed E-state index contributed by atoms with van der Waals surface area (Å²) in [6.45, 7) is 9.93. The van der Waals surface area contributed by atoms with E-state index in [1.165, 1.54) is 69.8 Å². The first kappa shape index (κ1) is 15.5. The Hall–Kier alpha value is -0.520. The molecule has 0 aliphatic heterocycles. The van der Waals surface area contributed by atoms with E-state index in [1.807, 2.05) is 6.08 Å². The first-order valence-corrected chi connectivity index (χ1v) is 7.11. The molecule has 0 aromatic rings. The van der Waals surface area contributed by atoms with E-state index in [9.17, 15) is 0 Å². The SMILES string of the molecule is C=CC(=C)CCCCCCCCCCCC. The van der Waals surface area contributed by atoms with Crippen molar-refractivity contribution in [3.8, 4) is 0 Å². The molecule has 0 heterocycles. The third kappa shape index (κ3) is 11.6. The van der Waals surface area contributed by atoms with Gasteiger partial charge in [0.05, 0.1) is 0 Å². The normalized spacial score (nSPS) is 10.3. The highest BCUT2D eigenvalue weighted by Crippen LogP contribution is 2.13. The smallest absolute Gasteiger partial charge is 0.0285 e. The van der Waals surface area contributed by atoms with E-state index in [-0.39, 0.29) is 0 Å². The van der Waals surface area contributed by atoms with E-state index >= 15 is 0 Å². The second-order valence-electron chi connectivity index (χ2n) is 4.79. The molecule has 0 spiro atoms. The fraction of sp³-hybridized carbons (Fsp3) is 0.750. The van der Waals surface area contributed by atoms with E-state index in [0.717, 1.165) is 6.42 Å². The fourth-order valence-electron chi connectivity index (χ4n) is 1.94. The molecule has 0 unspecified atom stereocenters. The molecule has 0 atom stereocenters. The summed E-state index contributed by atoms with van der Waals surface area (Å²) in [6, 6.07) is 0. The lowest BCUT2D eigenvalue weighted by Gasteiger charge is -2.02. The first-order chi connectivity index (χ1) is 7.81. The molecule has 0 saturated carbocycles. The molecule has 0 aliphatic rings. The quantitative estimate of drug-likeness (QED) is 0.279. The molecular formula is C16H30. The van der Waals surface area contributed by atoms with Crippen molar-refractivity contribution >= 4 is 0 Å². The van der Waals surface area contributed by atoms with Crippen LogP contribution in [0.3, 0.4) is 0 Å². The van der Waals surface area contributed by atoms with Crippen LogP contribution in [0.1, 0.15) is 77.6 Å². The largest absolute Gasteiger partial charge is 0.0988 e. The third-order valence-corrected chi connectivity index (χ3v) is 3.14. The molecule has 16 heavy (non-hydrogen) atoms. The third-order valence-electron chi connectivity index (χ3n) is 3.14. The molecule has 0 bridgehead atoms. The van der Waals surface area contributed by atoms with Gasteiger partial charge in [0.25, 0.3) is 0 Å². The van der Waals surface area contributed by atoms with Crippen molar-refractivity contribution in [1.29, 1.82) is 0 Å². The van der Waals surface area contributed by atoms with Crippen LogP contribution in [0.15, 0.2) is 24.8 Å². The summed E-state index contributed by atoms with van der Waals surface area (Å²) < 4.78 is 0. The molecule has 0 saturated heterocycles. The van der Waals surface area contributed by atoms with Crippen LogP contribution in [0.25, 0.3) is 0 Å². The predicted octanol–water partition coefficient (Wildman–Crippen LogP) is 6.04. The Bertz CT molecular complexity index is 167. The Kier molecular flexibility index (Phi) is 12.1. The number of rotatable bonds is 12. The van der Waals surface area contributed by atoms with E-state index in [1.54, 1.807) is 0 Å². The van der Waals surface area contributed by atoms with Crippen LogP contribution in [0, 0.1) is 0 Å². The number of unbranched alkanes of at least 4 members (excludes halogenated alkanes) is 9. The van der Waals surface area contributed by atoms with Crippen LogP contribution in [0.4, 0.5) is 0 Å². The Balaban J connectivity index is 2.98. The molecule has 0 aliphatic carbocycles. The highest BCUT2D eigenvalue weighted by molar-refractivity contribution is 5.10. The Labute approximate surface area is 103 Å².